The van der Waals surface area contributed by atoms with Gasteiger partial charge in [-0.2, -0.15) is 0 Å². The molecule has 136 valence electrons. The van der Waals surface area contributed by atoms with Gasteiger partial charge in [0.15, 0.2) is 0 Å². The summed E-state index contributed by atoms with van der Waals surface area (Å²) >= 11 is 0. The minimum absolute atomic E-state index is 0. The first-order valence-electron chi connectivity index (χ1n) is 9.96. The third-order valence-electron chi connectivity index (χ3n) is 7.61. The minimum Gasteiger partial charge on any atom is -0.341 e. The highest BCUT2D eigenvalue weighted by Crippen LogP contribution is 2.60. The summed E-state index contributed by atoms with van der Waals surface area (Å²) in [6.07, 6.45) is 9.12. The van der Waals surface area contributed by atoms with Gasteiger partial charge >= 0.3 is 0 Å². The van der Waals surface area contributed by atoms with E-state index >= 15 is 0 Å². The third-order valence-corrected chi connectivity index (χ3v) is 7.61. The van der Waals surface area contributed by atoms with Crippen molar-refractivity contribution in [1.29, 1.82) is 0 Å². The highest BCUT2D eigenvalue weighted by Gasteiger charge is 2.56. The minimum atomic E-state index is 0. The summed E-state index contributed by atoms with van der Waals surface area (Å²) in [5.74, 6) is 3.17. The van der Waals surface area contributed by atoms with Crippen LogP contribution in [0.3, 0.4) is 0 Å². The van der Waals surface area contributed by atoms with Crippen molar-refractivity contribution < 1.29 is 4.79 Å². The lowest BCUT2D eigenvalue weighted by molar-refractivity contribution is -0.156. The van der Waals surface area contributed by atoms with Gasteiger partial charge in [0.25, 0.3) is 0 Å². The van der Waals surface area contributed by atoms with E-state index in [-0.39, 0.29) is 17.8 Å². The molecule has 6 rings (SSSR count). The van der Waals surface area contributed by atoms with E-state index in [9.17, 15) is 4.79 Å². The first-order valence-corrected chi connectivity index (χ1v) is 9.96. The van der Waals surface area contributed by atoms with Crippen LogP contribution in [0.5, 0.6) is 0 Å². The van der Waals surface area contributed by atoms with Crippen molar-refractivity contribution in [2.75, 3.05) is 39.3 Å². The van der Waals surface area contributed by atoms with Gasteiger partial charge in [0.2, 0.25) is 5.91 Å². The Morgan fingerprint density at radius 2 is 1.50 bits per heavy atom. The van der Waals surface area contributed by atoms with Crippen molar-refractivity contribution in [1.82, 2.24) is 15.1 Å². The molecule has 1 unspecified atom stereocenters. The fourth-order valence-corrected chi connectivity index (χ4v) is 6.98. The molecule has 2 heterocycles. The molecule has 24 heavy (non-hydrogen) atoms. The van der Waals surface area contributed by atoms with E-state index in [0.717, 1.165) is 57.0 Å². The van der Waals surface area contributed by atoms with Crippen LogP contribution in [0.1, 0.15) is 44.9 Å². The molecular weight excluding hydrogens is 322 g/mol. The van der Waals surface area contributed by atoms with Crippen molar-refractivity contribution in [3.05, 3.63) is 0 Å². The predicted molar refractivity (Wildman–Crippen MR) is 97.3 cm³/mol. The zero-order chi connectivity index (χ0) is 15.4. The van der Waals surface area contributed by atoms with Crippen LogP contribution in [0.4, 0.5) is 0 Å². The zero-order valence-corrected chi connectivity index (χ0v) is 15.5. The molecule has 0 radical (unpaired) electrons. The molecule has 0 aromatic heterocycles. The van der Waals surface area contributed by atoms with E-state index in [0.29, 0.717) is 11.9 Å². The molecule has 4 bridgehead atoms. The Morgan fingerprint density at radius 1 is 0.917 bits per heavy atom. The predicted octanol–water partition coefficient (Wildman–Crippen LogP) is 2.13. The first kappa shape index (κ1) is 17.1. The number of amides is 1. The van der Waals surface area contributed by atoms with Gasteiger partial charge in [-0.1, -0.05) is 0 Å². The van der Waals surface area contributed by atoms with Crippen molar-refractivity contribution >= 4 is 18.3 Å². The number of carbonyl (C=O) groups is 1. The number of nitrogens with zero attached hydrogens (tertiary/aromatic N) is 2. The number of piperazine rings is 1. The van der Waals surface area contributed by atoms with Crippen molar-refractivity contribution in [2.24, 2.45) is 23.2 Å². The van der Waals surface area contributed by atoms with Crippen LogP contribution in [-0.2, 0) is 4.79 Å². The standard InChI is InChI=1S/C19H31N3O.ClH/c23-18(19-10-14-7-15(11-19)9-16(8-14)12-19)22-4-1-17(13-22)21-5-2-20-3-6-21;/h14-17,20H,1-13H2;1H. The molecule has 5 heteroatoms. The molecule has 6 fully saturated rings. The van der Waals surface area contributed by atoms with E-state index in [1.165, 1.54) is 44.9 Å². The number of nitrogens with one attached hydrogen (secondary N) is 1. The molecule has 4 saturated carbocycles. The molecule has 1 N–H and O–H groups in total. The van der Waals surface area contributed by atoms with E-state index in [1.807, 2.05) is 0 Å². The molecule has 0 aromatic carbocycles. The van der Waals surface area contributed by atoms with E-state index < -0.39 is 0 Å². The maximum absolute atomic E-state index is 13.4. The number of rotatable bonds is 2. The molecule has 1 amide bonds. The molecule has 0 spiro atoms. The van der Waals surface area contributed by atoms with Crippen molar-refractivity contribution in [3.63, 3.8) is 0 Å². The van der Waals surface area contributed by atoms with Gasteiger partial charge < -0.3 is 10.2 Å². The normalized spacial score (nSPS) is 44.6. The molecule has 2 aliphatic heterocycles. The largest absolute Gasteiger partial charge is 0.341 e. The maximum atomic E-state index is 13.4. The van der Waals surface area contributed by atoms with Crippen LogP contribution in [0, 0.1) is 23.2 Å². The lowest BCUT2D eigenvalue weighted by atomic mass is 9.49. The maximum Gasteiger partial charge on any atom is 0.228 e. The summed E-state index contributed by atoms with van der Waals surface area (Å²) in [5.41, 5.74) is 0.0626. The van der Waals surface area contributed by atoms with Crippen LogP contribution in [0.2, 0.25) is 0 Å². The quantitative estimate of drug-likeness (QED) is 0.826. The summed E-state index contributed by atoms with van der Waals surface area (Å²) in [7, 11) is 0. The molecule has 4 aliphatic carbocycles. The van der Waals surface area contributed by atoms with Gasteiger partial charge in [-0.3, -0.25) is 9.69 Å². The third kappa shape index (κ3) is 2.79. The lowest BCUT2D eigenvalue weighted by Crippen LogP contribution is -2.55. The Kier molecular flexibility index (Phi) is 4.59. The molecule has 2 saturated heterocycles. The number of carbonyl (C=O) groups excluding carboxylic acids is 1. The monoisotopic (exact) mass is 353 g/mol. The summed E-state index contributed by atoms with van der Waals surface area (Å²) in [6.45, 7) is 6.54. The SMILES string of the molecule is Cl.O=C(N1CCC(N2CCNCC2)C1)C12CC3CC(CC(C3)C1)C2. The van der Waals surface area contributed by atoms with Gasteiger partial charge in [-0.15, -0.1) is 12.4 Å². The second-order valence-electron chi connectivity index (χ2n) is 9.18. The van der Waals surface area contributed by atoms with E-state index in [4.69, 9.17) is 0 Å². The number of halogens is 1. The Balaban J connectivity index is 0.00000146. The molecular formula is C19H32ClN3O. The summed E-state index contributed by atoms with van der Waals surface area (Å²) in [4.78, 5) is 18.3. The van der Waals surface area contributed by atoms with Gasteiger partial charge in [0.1, 0.15) is 0 Å². The van der Waals surface area contributed by atoms with Crippen LogP contribution >= 0.6 is 12.4 Å². The average Bonchev–Trinajstić information content (AvgIpc) is 3.03. The average molecular weight is 354 g/mol. The second-order valence-corrected chi connectivity index (χ2v) is 9.18. The van der Waals surface area contributed by atoms with E-state index in [1.54, 1.807) is 0 Å². The van der Waals surface area contributed by atoms with Crippen LogP contribution < -0.4 is 5.32 Å². The number of likely N-dealkylation sites (tertiary alicyclic amines) is 1. The van der Waals surface area contributed by atoms with Gasteiger partial charge in [0, 0.05) is 45.3 Å². The van der Waals surface area contributed by atoms with Gasteiger partial charge in [-0.05, 0) is 62.7 Å². The van der Waals surface area contributed by atoms with Gasteiger partial charge in [0.05, 0.1) is 5.41 Å². The van der Waals surface area contributed by atoms with Crippen LogP contribution in [0.15, 0.2) is 0 Å². The zero-order valence-electron chi connectivity index (χ0n) is 14.7. The number of hydrogen-bond acceptors (Lipinski definition) is 3. The number of hydrogen-bond donors (Lipinski definition) is 1. The summed E-state index contributed by atoms with van der Waals surface area (Å²) in [5, 5.41) is 3.44. The molecule has 1 atom stereocenters. The van der Waals surface area contributed by atoms with Gasteiger partial charge in [-0.25, -0.2) is 0 Å². The summed E-state index contributed by atoms with van der Waals surface area (Å²) < 4.78 is 0. The Morgan fingerprint density at radius 3 is 2.08 bits per heavy atom. The second kappa shape index (κ2) is 6.44. The van der Waals surface area contributed by atoms with Crippen molar-refractivity contribution in [2.45, 2.75) is 51.0 Å². The first-order chi connectivity index (χ1) is 11.2. The molecule has 0 aromatic rings. The molecule has 6 aliphatic rings. The Hall–Kier alpha value is -0.320. The molecule has 4 nitrogen and oxygen atoms in total. The Bertz CT molecular complexity index is 456. The smallest absolute Gasteiger partial charge is 0.228 e. The highest BCUT2D eigenvalue weighted by molar-refractivity contribution is 5.85. The van der Waals surface area contributed by atoms with Crippen LogP contribution in [0.25, 0.3) is 0 Å². The summed E-state index contributed by atoms with van der Waals surface area (Å²) in [6, 6.07) is 0.620. The fourth-order valence-electron chi connectivity index (χ4n) is 6.98. The van der Waals surface area contributed by atoms with E-state index in [2.05, 4.69) is 15.1 Å². The highest BCUT2D eigenvalue weighted by atomic mass is 35.5. The lowest BCUT2D eigenvalue weighted by Gasteiger charge is -2.56. The Labute approximate surface area is 152 Å². The fraction of sp³-hybridized carbons (Fsp3) is 0.947. The van der Waals surface area contributed by atoms with Crippen LogP contribution in [-0.4, -0.2) is 61.0 Å². The topological polar surface area (TPSA) is 35.6 Å². The van der Waals surface area contributed by atoms with Crippen molar-refractivity contribution in [3.8, 4) is 0 Å².